The number of aromatic amines is 1. The number of ether oxygens (including phenoxy) is 1. The van der Waals surface area contributed by atoms with Gasteiger partial charge in [0.2, 0.25) is 0 Å². The van der Waals surface area contributed by atoms with Crippen molar-refractivity contribution < 1.29 is 4.74 Å². The summed E-state index contributed by atoms with van der Waals surface area (Å²) < 4.78 is 7.12. The van der Waals surface area contributed by atoms with Crippen molar-refractivity contribution in [3.8, 4) is 0 Å². The molecule has 3 heterocycles. The lowest BCUT2D eigenvalue weighted by Gasteiger charge is -2.30. The SMILES string of the molecule is CCCc1nc([C@@H]2CN(Cc3nc4ccccc4s3)CCO2)n[nH]1. The number of nitrogens with one attached hydrogen (secondary N) is 1. The second-order valence-electron chi connectivity index (χ2n) is 6.06. The molecule has 1 saturated heterocycles. The van der Waals surface area contributed by atoms with E-state index < -0.39 is 0 Å². The topological polar surface area (TPSA) is 66.9 Å². The van der Waals surface area contributed by atoms with Crippen LogP contribution in [-0.2, 0) is 17.7 Å². The molecule has 24 heavy (non-hydrogen) atoms. The molecule has 2 aromatic heterocycles. The average molecular weight is 343 g/mol. The molecule has 1 N–H and O–H groups in total. The highest BCUT2D eigenvalue weighted by Gasteiger charge is 2.26. The van der Waals surface area contributed by atoms with Crippen LogP contribution >= 0.6 is 11.3 Å². The summed E-state index contributed by atoms with van der Waals surface area (Å²) in [4.78, 5) is 11.7. The van der Waals surface area contributed by atoms with Gasteiger partial charge in [-0.05, 0) is 18.6 Å². The Morgan fingerprint density at radius 3 is 3.12 bits per heavy atom. The number of H-pyrrole nitrogens is 1. The fraction of sp³-hybridized carbons (Fsp3) is 0.471. The smallest absolute Gasteiger partial charge is 0.180 e. The van der Waals surface area contributed by atoms with Crippen molar-refractivity contribution in [2.75, 3.05) is 19.7 Å². The minimum Gasteiger partial charge on any atom is -0.367 e. The van der Waals surface area contributed by atoms with E-state index in [1.54, 1.807) is 11.3 Å². The molecule has 0 unspecified atom stereocenters. The van der Waals surface area contributed by atoms with Crippen molar-refractivity contribution in [1.29, 1.82) is 0 Å². The summed E-state index contributed by atoms with van der Waals surface area (Å²) in [6.07, 6.45) is 1.92. The number of morpholine rings is 1. The maximum Gasteiger partial charge on any atom is 0.180 e. The van der Waals surface area contributed by atoms with Crippen LogP contribution in [-0.4, -0.2) is 44.8 Å². The number of hydrogen-bond donors (Lipinski definition) is 1. The molecule has 4 rings (SSSR count). The Labute approximate surface area is 144 Å². The van der Waals surface area contributed by atoms with Crippen LogP contribution in [0.4, 0.5) is 0 Å². The minimum absolute atomic E-state index is 0.0602. The third-order valence-corrected chi connectivity index (χ3v) is 5.19. The first-order chi connectivity index (χ1) is 11.8. The zero-order valence-corrected chi connectivity index (χ0v) is 14.6. The molecule has 1 fully saturated rings. The summed E-state index contributed by atoms with van der Waals surface area (Å²) in [5.41, 5.74) is 1.08. The van der Waals surface area contributed by atoms with Crippen molar-refractivity contribution in [3.63, 3.8) is 0 Å². The molecular weight excluding hydrogens is 322 g/mol. The van der Waals surface area contributed by atoms with Gasteiger partial charge in [0.1, 0.15) is 16.9 Å². The van der Waals surface area contributed by atoms with E-state index in [0.717, 1.165) is 54.6 Å². The first kappa shape index (κ1) is 15.7. The number of para-hydroxylation sites is 1. The molecule has 6 nitrogen and oxygen atoms in total. The summed E-state index contributed by atoms with van der Waals surface area (Å²) in [5, 5.41) is 8.50. The number of rotatable bonds is 5. The maximum atomic E-state index is 5.88. The van der Waals surface area contributed by atoms with Crippen LogP contribution in [0.2, 0.25) is 0 Å². The number of fused-ring (bicyclic) bond motifs is 1. The zero-order valence-electron chi connectivity index (χ0n) is 13.7. The first-order valence-electron chi connectivity index (χ1n) is 8.41. The third-order valence-electron chi connectivity index (χ3n) is 4.17. The third kappa shape index (κ3) is 3.33. The number of aryl methyl sites for hydroxylation is 1. The predicted octanol–water partition coefficient (Wildman–Crippen LogP) is 2.94. The molecule has 0 radical (unpaired) electrons. The standard InChI is InChI=1S/C17H21N5OS/c1-2-5-15-19-17(21-20-15)13-10-22(8-9-23-13)11-16-18-12-6-3-4-7-14(12)24-16/h3-4,6-7,13H,2,5,8-11H2,1H3,(H,19,20,21)/t13-/m0/s1. The molecule has 1 aromatic carbocycles. The van der Waals surface area contributed by atoms with Crippen LogP contribution < -0.4 is 0 Å². The van der Waals surface area contributed by atoms with Crippen LogP contribution in [0.15, 0.2) is 24.3 Å². The van der Waals surface area contributed by atoms with Crippen LogP contribution in [0.25, 0.3) is 10.2 Å². The van der Waals surface area contributed by atoms with Gasteiger partial charge in [0.25, 0.3) is 0 Å². The maximum absolute atomic E-state index is 5.88. The molecule has 7 heteroatoms. The van der Waals surface area contributed by atoms with Gasteiger partial charge in [-0.3, -0.25) is 10.00 Å². The molecule has 0 spiro atoms. The number of nitrogens with zero attached hydrogens (tertiary/aromatic N) is 4. The summed E-state index contributed by atoms with van der Waals surface area (Å²) in [5.74, 6) is 1.71. The lowest BCUT2D eigenvalue weighted by molar-refractivity contribution is -0.0370. The minimum atomic E-state index is -0.0602. The second-order valence-corrected chi connectivity index (χ2v) is 7.18. The number of aromatic nitrogens is 4. The number of benzene rings is 1. The van der Waals surface area contributed by atoms with E-state index in [9.17, 15) is 0 Å². The lowest BCUT2D eigenvalue weighted by Crippen LogP contribution is -2.38. The summed E-state index contributed by atoms with van der Waals surface area (Å²) in [6.45, 7) is 5.41. The molecule has 126 valence electrons. The Bertz CT molecular complexity index is 781. The van der Waals surface area contributed by atoms with Gasteiger partial charge in [-0.15, -0.1) is 11.3 Å². The van der Waals surface area contributed by atoms with Gasteiger partial charge in [-0.2, -0.15) is 5.10 Å². The first-order valence-corrected chi connectivity index (χ1v) is 9.23. The molecule has 3 aromatic rings. The van der Waals surface area contributed by atoms with Gasteiger partial charge >= 0.3 is 0 Å². The van der Waals surface area contributed by atoms with Crippen molar-refractivity contribution in [2.24, 2.45) is 0 Å². The fourth-order valence-electron chi connectivity index (χ4n) is 2.98. The van der Waals surface area contributed by atoms with E-state index >= 15 is 0 Å². The largest absolute Gasteiger partial charge is 0.367 e. The highest BCUT2D eigenvalue weighted by Crippen LogP contribution is 2.25. The van der Waals surface area contributed by atoms with E-state index in [-0.39, 0.29) is 6.10 Å². The molecule has 1 atom stereocenters. The predicted molar refractivity (Wildman–Crippen MR) is 94.0 cm³/mol. The Morgan fingerprint density at radius 1 is 1.33 bits per heavy atom. The average Bonchev–Trinajstić information content (AvgIpc) is 3.21. The molecule has 1 aliphatic rings. The van der Waals surface area contributed by atoms with Gasteiger partial charge in [0.15, 0.2) is 5.82 Å². The Morgan fingerprint density at radius 2 is 2.25 bits per heavy atom. The van der Waals surface area contributed by atoms with Crippen molar-refractivity contribution in [2.45, 2.75) is 32.4 Å². The highest BCUT2D eigenvalue weighted by atomic mass is 32.1. The van der Waals surface area contributed by atoms with Crippen molar-refractivity contribution >= 4 is 21.6 Å². The van der Waals surface area contributed by atoms with Crippen LogP contribution in [0.5, 0.6) is 0 Å². The van der Waals surface area contributed by atoms with E-state index in [0.29, 0.717) is 6.61 Å². The Hall–Kier alpha value is -1.83. The summed E-state index contributed by atoms with van der Waals surface area (Å²) in [6, 6.07) is 8.29. The van der Waals surface area contributed by atoms with Crippen LogP contribution in [0.3, 0.4) is 0 Å². The monoisotopic (exact) mass is 343 g/mol. The Kier molecular flexibility index (Phi) is 4.55. The van der Waals surface area contributed by atoms with E-state index in [1.807, 2.05) is 6.07 Å². The molecule has 0 amide bonds. The van der Waals surface area contributed by atoms with E-state index in [4.69, 9.17) is 9.72 Å². The number of hydrogen-bond acceptors (Lipinski definition) is 6. The van der Waals surface area contributed by atoms with Crippen molar-refractivity contribution in [3.05, 3.63) is 40.9 Å². The number of thiazole rings is 1. The van der Waals surface area contributed by atoms with Gasteiger partial charge in [0, 0.05) is 19.5 Å². The quantitative estimate of drug-likeness (QED) is 0.771. The van der Waals surface area contributed by atoms with Gasteiger partial charge in [-0.25, -0.2) is 9.97 Å². The summed E-state index contributed by atoms with van der Waals surface area (Å²) >= 11 is 1.77. The molecule has 0 saturated carbocycles. The molecule has 0 bridgehead atoms. The lowest BCUT2D eigenvalue weighted by atomic mass is 10.2. The molecule has 0 aliphatic carbocycles. The van der Waals surface area contributed by atoms with Crippen molar-refractivity contribution in [1.82, 2.24) is 25.1 Å². The highest BCUT2D eigenvalue weighted by molar-refractivity contribution is 7.18. The van der Waals surface area contributed by atoms with Crippen LogP contribution in [0.1, 0.15) is 36.1 Å². The Balaban J connectivity index is 1.44. The fourth-order valence-corrected chi connectivity index (χ4v) is 3.99. The summed E-state index contributed by atoms with van der Waals surface area (Å²) in [7, 11) is 0. The normalized spacial score (nSPS) is 19.1. The zero-order chi connectivity index (χ0) is 16.4. The van der Waals surface area contributed by atoms with E-state index in [2.05, 4.69) is 45.2 Å². The van der Waals surface area contributed by atoms with Gasteiger partial charge < -0.3 is 4.74 Å². The molecular formula is C17H21N5OS. The van der Waals surface area contributed by atoms with Crippen LogP contribution in [0, 0.1) is 0 Å². The second kappa shape index (κ2) is 6.96. The van der Waals surface area contributed by atoms with E-state index in [1.165, 1.54) is 4.70 Å². The van der Waals surface area contributed by atoms with Gasteiger partial charge in [-0.1, -0.05) is 19.1 Å². The molecule has 1 aliphatic heterocycles. The van der Waals surface area contributed by atoms with Gasteiger partial charge in [0.05, 0.1) is 23.4 Å².